The lowest BCUT2D eigenvalue weighted by molar-refractivity contribution is 0.133. The van der Waals surface area contributed by atoms with Crippen molar-refractivity contribution < 1.29 is 8.42 Å². The van der Waals surface area contributed by atoms with E-state index >= 15 is 0 Å². The molecule has 7 nitrogen and oxygen atoms in total. The molecule has 2 N–H and O–H groups in total. The fourth-order valence-corrected chi connectivity index (χ4v) is 3.74. The summed E-state index contributed by atoms with van der Waals surface area (Å²) in [5.74, 6) is 0. The van der Waals surface area contributed by atoms with Gasteiger partial charge >= 0.3 is 0 Å². The van der Waals surface area contributed by atoms with E-state index in [1.807, 2.05) is 0 Å². The third kappa shape index (κ3) is 3.01. The van der Waals surface area contributed by atoms with E-state index in [1.165, 1.54) is 12.5 Å². The Balaban J connectivity index is 1.89. The molecule has 0 radical (unpaired) electrons. The van der Waals surface area contributed by atoms with Crippen molar-refractivity contribution >= 4 is 9.84 Å². The molecule has 114 valence electrons. The third-order valence-corrected chi connectivity index (χ3v) is 5.03. The van der Waals surface area contributed by atoms with E-state index in [2.05, 4.69) is 25.1 Å². The maximum Gasteiger partial charge on any atom is 0.178 e. The molecule has 3 heterocycles. The summed E-state index contributed by atoms with van der Waals surface area (Å²) in [6.45, 7) is 1.67. The molecule has 1 aliphatic rings. The summed E-state index contributed by atoms with van der Waals surface area (Å²) in [5.41, 5.74) is 1.74. The summed E-state index contributed by atoms with van der Waals surface area (Å²) >= 11 is 0. The lowest BCUT2D eigenvalue weighted by atomic mass is 9.99. The highest BCUT2D eigenvalue weighted by atomic mass is 32.2. The molecule has 1 unspecified atom stereocenters. The van der Waals surface area contributed by atoms with Gasteiger partial charge in [-0.3, -0.25) is 10.00 Å². The molecule has 3 rings (SSSR count). The van der Waals surface area contributed by atoms with E-state index in [0.29, 0.717) is 10.6 Å². The first-order chi connectivity index (χ1) is 10.1. The number of imidazole rings is 1. The molecule has 0 amide bonds. The Bertz CT molecular complexity index is 692. The molecule has 0 saturated carbocycles. The number of rotatable bonds is 4. The van der Waals surface area contributed by atoms with Gasteiger partial charge in [-0.1, -0.05) is 6.42 Å². The van der Waals surface area contributed by atoms with Gasteiger partial charge in [-0.15, -0.1) is 0 Å². The van der Waals surface area contributed by atoms with Gasteiger partial charge in [0.1, 0.15) is 4.90 Å². The third-order valence-electron chi connectivity index (χ3n) is 3.91. The Morgan fingerprint density at radius 1 is 1.38 bits per heavy atom. The highest BCUT2D eigenvalue weighted by molar-refractivity contribution is 7.90. The molecule has 0 aromatic carbocycles. The molecule has 2 aromatic rings. The van der Waals surface area contributed by atoms with Gasteiger partial charge in [0.05, 0.1) is 24.3 Å². The monoisotopic (exact) mass is 309 g/mol. The summed E-state index contributed by atoms with van der Waals surface area (Å²) < 4.78 is 23.8. The molecule has 1 aliphatic heterocycles. The summed E-state index contributed by atoms with van der Waals surface area (Å²) in [7, 11) is -3.27. The first-order valence-corrected chi connectivity index (χ1v) is 8.89. The molecule has 2 aromatic heterocycles. The summed E-state index contributed by atoms with van der Waals surface area (Å²) in [4.78, 5) is 9.72. The number of sulfone groups is 1. The molecule has 1 atom stereocenters. The Morgan fingerprint density at radius 3 is 2.95 bits per heavy atom. The van der Waals surface area contributed by atoms with Crippen LogP contribution < -0.4 is 0 Å². The zero-order valence-electron chi connectivity index (χ0n) is 11.9. The summed E-state index contributed by atoms with van der Waals surface area (Å²) in [6, 6.07) is 0.0503. The quantitative estimate of drug-likeness (QED) is 0.886. The number of aromatic amines is 2. The van der Waals surface area contributed by atoms with E-state index in [9.17, 15) is 8.42 Å². The Hall–Kier alpha value is -1.67. The van der Waals surface area contributed by atoms with Gasteiger partial charge in [0.2, 0.25) is 0 Å². The minimum Gasteiger partial charge on any atom is -0.347 e. The first-order valence-electron chi connectivity index (χ1n) is 7.00. The molecule has 0 spiro atoms. The number of nitrogens with one attached hydrogen (secondary N) is 2. The van der Waals surface area contributed by atoms with Crippen molar-refractivity contribution in [2.75, 3.05) is 12.8 Å². The smallest absolute Gasteiger partial charge is 0.178 e. The number of likely N-dealkylation sites (tertiary alicyclic amines) is 1. The van der Waals surface area contributed by atoms with Crippen LogP contribution in [0.2, 0.25) is 0 Å². The molecule has 8 heteroatoms. The van der Waals surface area contributed by atoms with Crippen LogP contribution in [0.3, 0.4) is 0 Å². The maximum absolute atomic E-state index is 11.9. The normalized spacial score (nSPS) is 20.7. The van der Waals surface area contributed by atoms with Gasteiger partial charge < -0.3 is 4.98 Å². The SMILES string of the molecule is CS(=O)(=O)c1cn[nH]c1C1CCCCN1Cc1cnc[nH]1. The van der Waals surface area contributed by atoms with Crippen LogP contribution in [0, 0.1) is 0 Å². The number of hydrogen-bond donors (Lipinski definition) is 2. The molecule has 0 bridgehead atoms. The Kier molecular flexibility index (Phi) is 3.81. The lowest BCUT2D eigenvalue weighted by Gasteiger charge is -2.35. The van der Waals surface area contributed by atoms with E-state index in [0.717, 1.165) is 38.0 Å². The van der Waals surface area contributed by atoms with Gasteiger partial charge in [-0.2, -0.15) is 5.10 Å². The molecule has 1 fully saturated rings. The van der Waals surface area contributed by atoms with Crippen LogP contribution in [0.1, 0.15) is 36.7 Å². The summed E-state index contributed by atoms with van der Waals surface area (Å²) in [5, 5.41) is 6.84. The van der Waals surface area contributed by atoms with Gasteiger partial charge in [-0.25, -0.2) is 13.4 Å². The summed E-state index contributed by atoms with van der Waals surface area (Å²) in [6.07, 6.45) is 9.23. The van der Waals surface area contributed by atoms with Crippen LogP contribution in [0.5, 0.6) is 0 Å². The van der Waals surface area contributed by atoms with Crippen LogP contribution in [-0.2, 0) is 16.4 Å². The molecule has 21 heavy (non-hydrogen) atoms. The van der Waals surface area contributed by atoms with Crippen LogP contribution in [0.25, 0.3) is 0 Å². The number of piperidine rings is 1. The second-order valence-electron chi connectivity index (χ2n) is 5.48. The van der Waals surface area contributed by atoms with Gasteiger partial charge in [0, 0.05) is 24.7 Å². The number of aromatic nitrogens is 4. The minimum absolute atomic E-state index is 0.0503. The highest BCUT2D eigenvalue weighted by Gasteiger charge is 2.30. The zero-order chi connectivity index (χ0) is 14.9. The standard InChI is InChI=1S/C13H19N5O2S/c1-21(19,20)12-7-16-17-13(12)11-4-2-3-5-18(11)8-10-6-14-9-15-10/h6-7,9,11H,2-5,8H2,1H3,(H,14,15)(H,16,17). The molecular formula is C13H19N5O2S. The van der Waals surface area contributed by atoms with Gasteiger partial charge in [0.15, 0.2) is 9.84 Å². The first kappa shape index (κ1) is 14.3. The van der Waals surface area contributed by atoms with Crippen molar-refractivity contribution in [2.24, 2.45) is 0 Å². The predicted octanol–water partition coefficient (Wildman–Crippen LogP) is 1.26. The molecule has 1 saturated heterocycles. The van der Waals surface area contributed by atoms with E-state index in [-0.39, 0.29) is 6.04 Å². The van der Waals surface area contributed by atoms with E-state index < -0.39 is 9.84 Å². The van der Waals surface area contributed by atoms with Crippen molar-refractivity contribution in [1.82, 2.24) is 25.1 Å². The fourth-order valence-electron chi connectivity index (χ4n) is 2.92. The van der Waals surface area contributed by atoms with E-state index in [1.54, 1.807) is 12.5 Å². The van der Waals surface area contributed by atoms with E-state index in [4.69, 9.17) is 0 Å². The fraction of sp³-hybridized carbons (Fsp3) is 0.538. The highest BCUT2D eigenvalue weighted by Crippen LogP contribution is 2.33. The topological polar surface area (TPSA) is 94.7 Å². The Morgan fingerprint density at radius 2 is 2.24 bits per heavy atom. The molecule has 0 aliphatic carbocycles. The Labute approximate surface area is 123 Å². The number of H-pyrrole nitrogens is 2. The van der Waals surface area contributed by atoms with Crippen molar-refractivity contribution in [2.45, 2.75) is 36.7 Å². The second-order valence-corrected chi connectivity index (χ2v) is 7.46. The van der Waals surface area contributed by atoms with Crippen LogP contribution >= 0.6 is 0 Å². The van der Waals surface area contributed by atoms with Crippen molar-refractivity contribution in [1.29, 1.82) is 0 Å². The van der Waals surface area contributed by atoms with Crippen LogP contribution in [-0.4, -0.2) is 46.3 Å². The number of hydrogen-bond acceptors (Lipinski definition) is 5. The minimum atomic E-state index is -3.27. The predicted molar refractivity (Wildman–Crippen MR) is 77.3 cm³/mol. The van der Waals surface area contributed by atoms with Crippen LogP contribution in [0.15, 0.2) is 23.6 Å². The maximum atomic E-state index is 11.9. The van der Waals surface area contributed by atoms with Crippen LogP contribution in [0.4, 0.5) is 0 Å². The average molecular weight is 309 g/mol. The lowest BCUT2D eigenvalue weighted by Crippen LogP contribution is -2.34. The average Bonchev–Trinajstić information content (AvgIpc) is 3.08. The van der Waals surface area contributed by atoms with Gasteiger partial charge in [0.25, 0.3) is 0 Å². The second kappa shape index (κ2) is 5.61. The molecular weight excluding hydrogens is 290 g/mol. The largest absolute Gasteiger partial charge is 0.347 e. The zero-order valence-corrected chi connectivity index (χ0v) is 12.7. The van der Waals surface area contributed by atoms with Crippen molar-refractivity contribution in [3.63, 3.8) is 0 Å². The number of nitrogens with zero attached hydrogens (tertiary/aromatic N) is 3. The van der Waals surface area contributed by atoms with Gasteiger partial charge in [-0.05, 0) is 19.4 Å². The van der Waals surface area contributed by atoms with Crippen molar-refractivity contribution in [3.05, 3.63) is 30.1 Å². The van der Waals surface area contributed by atoms with Crippen molar-refractivity contribution in [3.8, 4) is 0 Å².